The highest BCUT2D eigenvalue weighted by Gasteiger charge is 2.10. The molecule has 31 heavy (non-hydrogen) atoms. The molecule has 0 aliphatic rings. The molecule has 2 aromatic carbocycles. The second kappa shape index (κ2) is 11.5. The number of aromatic nitrogens is 2. The van der Waals surface area contributed by atoms with Gasteiger partial charge in [-0.05, 0) is 49.7 Å². The van der Waals surface area contributed by atoms with E-state index in [1.807, 2.05) is 30.8 Å². The van der Waals surface area contributed by atoms with Gasteiger partial charge in [-0.1, -0.05) is 0 Å². The molecule has 168 valence electrons. The van der Waals surface area contributed by atoms with E-state index in [1.54, 1.807) is 6.07 Å². The topological polar surface area (TPSA) is 76.6 Å². The molecule has 0 unspecified atom stereocenters. The first-order chi connectivity index (χ1) is 14.5. The largest absolute Gasteiger partial charge is 1.00 e. The summed E-state index contributed by atoms with van der Waals surface area (Å²) in [6.07, 6.45) is 6.22. The molecule has 0 saturated heterocycles. The lowest BCUT2D eigenvalue weighted by molar-refractivity contribution is -0.671. The number of benzene rings is 2. The number of hydrogen-bond donors (Lipinski definition) is 4. The van der Waals surface area contributed by atoms with Gasteiger partial charge in [-0.3, -0.25) is 0 Å². The van der Waals surface area contributed by atoms with E-state index in [9.17, 15) is 5.11 Å². The van der Waals surface area contributed by atoms with E-state index in [0.717, 1.165) is 42.3 Å². The van der Waals surface area contributed by atoms with Gasteiger partial charge in [-0.2, -0.15) is 0 Å². The molecule has 1 aromatic heterocycles. The number of aliphatic hydroxyl groups is 1. The van der Waals surface area contributed by atoms with Crippen molar-refractivity contribution in [2.75, 3.05) is 41.8 Å². The Morgan fingerprint density at radius 2 is 1.87 bits per heavy atom. The summed E-state index contributed by atoms with van der Waals surface area (Å²) in [6, 6.07) is 11.9. The maximum Gasteiger partial charge on any atom is 0.243 e. The van der Waals surface area contributed by atoms with E-state index < -0.39 is 0 Å². The molecule has 0 bridgehead atoms. The average molecular weight is 446 g/mol. The van der Waals surface area contributed by atoms with Gasteiger partial charge in [0.1, 0.15) is 24.7 Å². The van der Waals surface area contributed by atoms with Crippen LogP contribution in [0.1, 0.15) is 12.5 Å². The number of phenolic OH excluding ortho intramolecular Hbond substituents is 1. The molecule has 0 spiro atoms. The standard InChI is InChI=1S/C23H31N5O2.ClH/c1-4-28(13-12-27-11-10-26(3)17-27)20-7-5-19(6-8-20)25-22-15-18(2)23(30)16-21(22)24-9-14-29;/h5-8,10-11,15-17,24-25,29H,4,9,12-14H2,1-3H3;1H. The highest BCUT2D eigenvalue weighted by molar-refractivity contribution is 5.77. The monoisotopic (exact) mass is 445 g/mol. The first-order valence-corrected chi connectivity index (χ1v) is 10.3. The van der Waals surface area contributed by atoms with E-state index >= 15 is 0 Å². The van der Waals surface area contributed by atoms with Crippen molar-refractivity contribution in [2.24, 2.45) is 7.05 Å². The third-order valence-corrected chi connectivity index (χ3v) is 5.11. The first kappa shape index (κ1) is 24.4. The average Bonchev–Trinajstić information content (AvgIpc) is 3.16. The van der Waals surface area contributed by atoms with Crippen LogP contribution in [0.4, 0.5) is 22.7 Å². The Labute approximate surface area is 190 Å². The third kappa shape index (κ3) is 6.54. The van der Waals surface area contributed by atoms with E-state index in [4.69, 9.17) is 5.11 Å². The fourth-order valence-corrected chi connectivity index (χ4v) is 3.39. The zero-order valence-corrected chi connectivity index (χ0v) is 19.1. The first-order valence-electron chi connectivity index (χ1n) is 10.3. The Kier molecular flexibility index (Phi) is 9.03. The highest BCUT2D eigenvalue weighted by atomic mass is 35.5. The van der Waals surface area contributed by atoms with Crippen molar-refractivity contribution in [3.05, 3.63) is 60.7 Å². The van der Waals surface area contributed by atoms with Crippen LogP contribution in [-0.4, -0.2) is 41.0 Å². The normalized spacial score (nSPS) is 10.5. The number of imidazole rings is 1. The summed E-state index contributed by atoms with van der Waals surface area (Å²) in [5.74, 6) is 0.228. The molecule has 8 heteroatoms. The highest BCUT2D eigenvalue weighted by Crippen LogP contribution is 2.32. The van der Waals surface area contributed by atoms with Crippen molar-refractivity contribution in [3.8, 4) is 5.75 Å². The number of nitrogens with zero attached hydrogens (tertiary/aromatic N) is 3. The Morgan fingerprint density at radius 1 is 1.13 bits per heavy atom. The molecule has 0 fully saturated rings. The maximum absolute atomic E-state index is 10.0. The zero-order chi connectivity index (χ0) is 21.5. The molecular formula is C23H32ClN5O2. The summed E-state index contributed by atoms with van der Waals surface area (Å²) in [5, 5.41) is 25.7. The number of aliphatic hydroxyl groups excluding tert-OH is 1. The summed E-state index contributed by atoms with van der Waals surface area (Å²) in [6.45, 7) is 7.28. The number of nitrogens with one attached hydrogen (secondary N) is 2. The molecule has 7 nitrogen and oxygen atoms in total. The van der Waals surface area contributed by atoms with E-state index in [0.29, 0.717) is 6.54 Å². The van der Waals surface area contributed by atoms with Gasteiger partial charge in [0.2, 0.25) is 6.33 Å². The Balaban J connectivity index is 0.00000341. The lowest BCUT2D eigenvalue weighted by atomic mass is 10.1. The van der Waals surface area contributed by atoms with Crippen LogP contribution in [0.25, 0.3) is 0 Å². The molecule has 0 aliphatic heterocycles. The second-order valence-electron chi connectivity index (χ2n) is 7.40. The minimum Gasteiger partial charge on any atom is -1.00 e. The molecule has 1 heterocycles. The van der Waals surface area contributed by atoms with Crippen molar-refractivity contribution < 1.29 is 27.2 Å². The maximum atomic E-state index is 10.0. The second-order valence-corrected chi connectivity index (χ2v) is 7.40. The van der Waals surface area contributed by atoms with Gasteiger partial charge in [0.25, 0.3) is 0 Å². The van der Waals surface area contributed by atoms with Crippen molar-refractivity contribution in [3.63, 3.8) is 0 Å². The fraction of sp³-hybridized carbons (Fsp3) is 0.348. The van der Waals surface area contributed by atoms with Gasteiger partial charge in [0.15, 0.2) is 0 Å². The Morgan fingerprint density at radius 3 is 2.48 bits per heavy atom. The number of hydrogen-bond acceptors (Lipinski definition) is 5. The smallest absolute Gasteiger partial charge is 0.243 e. The molecule has 0 aliphatic carbocycles. The van der Waals surface area contributed by atoms with Crippen molar-refractivity contribution in [1.29, 1.82) is 0 Å². The van der Waals surface area contributed by atoms with E-state index in [2.05, 4.69) is 63.8 Å². The molecule has 3 rings (SSSR count). The summed E-state index contributed by atoms with van der Waals surface area (Å²) in [7, 11) is 2.03. The SMILES string of the molecule is CCN(CCn1cc[n+](C)c1)c1ccc(Nc2cc(C)c(O)cc2NCCO)cc1.[Cl-]. The van der Waals surface area contributed by atoms with Crippen LogP contribution >= 0.6 is 0 Å². The van der Waals surface area contributed by atoms with Crippen molar-refractivity contribution in [2.45, 2.75) is 20.4 Å². The molecule has 3 aromatic rings. The fourth-order valence-electron chi connectivity index (χ4n) is 3.39. The Hall–Kier alpha value is -2.90. The van der Waals surface area contributed by atoms with Gasteiger partial charge in [0, 0.05) is 30.5 Å². The minimum absolute atomic E-state index is 0. The number of aryl methyl sites for hydroxylation is 2. The summed E-state index contributed by atoms with van der Waals surface area (Å²) in [4.78, 5) is 2.35. The van der Waals surface area contributed by atoms with Crippen LogP contribution in [0.3, 0.4) is 0 Å². The number of rotatable bonds is 10. The number of aromatic hydroxyl groups is 1. The van der Waals surface area contributed by atoms with Gasteiger partial charge in [-0.15, -0.1) is 0 Å². The predicted octanol–water partition coefficient (Wildman–Crippen LogP) is 0.00492. The van der Waals surface area contributed by atoms with E-state index in [1.165, 1.54) is 5.69 Å². The van der Waals surface area contributed by atoms with Crippen LogP contribution < -0.4 is 32.5 Å². The number of halogens is 1. The van der Waals surface area contributed by atoms with Crippen molar-refractivity contribution in [1.82, 2.24) is 4.57 Å². The molecule has 0 amide bonds. The van der Waals surface area contributed by atoms with Crippen LogP contribution in [0.2, 0.25) is 0 Å². The Bertz CT molecular complexity index is 959. The number of phenols is 1. The summed E-state index contributed by atoms with van der Waals surface area (Å²) < 4.78 is 4.23. The zero-order valence-electron chi connectivity index (χ0n) is 18.3. The van der Waals surface area contributed by atoms with Gasteiger partial charge in [-0.25, -0.2) is 9.13 Å². The summed E-state index contributed by atoms with van der Waals surface area (Å²) in [5.41, 5.74) is 4.55. The van der Waals surface area contributed by atoms with Crippen LogP contribution in [0.15, 0.2) is 55.1 Å². The van der Waals surface area contributed by atoms with Crippen LogP contribution in [0, 0.1) is 6.92 Å². The molecule has 0 atom stereocenters. The quantitative estimate of drug-likeness (QED) is 0.261. The van der Waals surface area contributed by atoms with Gasteiger partial charge >= 0.3 is 0 Å². The van der Waals surface area contributed by atoms with Gasteiger partial charge in [0.05, 0.1) is 31.6 Å². The van der Waals surface area contributed by atoms with Crippen LogP contribution in [-0.2, 0) is 13.6 Å². The predicted molar refractivity (Wildman–Crippen MR) is 122 cm³/mol. The molecule has 0 radical (unpaired) electrons. The molecule has 0 saturated carbocycles. The lowest BCUT2D eigenvalue weighted by Crippen LogP contribution is -3.00. The number of likely N-dealkylation sites (N-methyl/N-ethyl adjacent to an activating group) is 1. The molecule has 4 N–H and O–H groups in total. The minimum atomic E-state index is 0. The number of anilines is 4. The lowest BCUT2D eigenvalue weighted by Gasteiger charge is -2.22. The van der Waals surface area contributed by atoms with E-state index in [-0.39, 0.29) is 24.8 Å². The molecular weight excluding hydrogens is 414 g/mol. The van der Waals surface area contributed by atoms with Crippen molar-refractivity contribution >= 4 is 22.7 Å². The van der Waals surface area contributed by atoms with Gasteiger partial charge < -0.3 is 38.2 Å². The summed E-state index contributed by atoms with van der Waals surface area (Å²) >= 11 is 0. The van der Waals surface area contributed by atoms with Crippen LogP contribution in [0.5, 0.6) is 5.75 Å². The third-order valence-electron chi connectivity index (χ3n) is 5.11.